The molecule has 0 unspecified atom stereocenters. The summed E-state index contributed by atoms with van der Waals surface area (Å²) in [5, 5.41) is 6.46. The van der Waals surface area contributed by atoms with E-state index in [2.05, 4.69) is 20.2 Å². The van der Waals surface area contributed by atoms with Crippen molar-refractivity contribution in [3.63, 3.8) is 0 Å². The summed E-state index contributed by atoms with van der Waals surface area (Å²) in [5.74, 6) is 1.99. The molecule has 33 heavy (non-hydrogen) atoms. The van der Waals surface area contributed by atoms with Crippen molar-refractivity contribution in [3.8, 4) is 11.5 Å². The normalized spacial score (nSPS) is 11.1. The Morgan fingerprint density at radius 1 is 1.15 bits per heavy atom. The van der Waals surface area contributed by atoms with Gasteiger partial charge in [0.15, 0.2) is 5.82 Å². The molecule has 1 aromatic heterocycles. The number of ether oxygens (including phenoxy) is 2. The minimum atomic E-state index is -3.99. The number of methoxy groups -OCH3 is 1. The van der Waals surface area contributed by atoms with Crippen LogP contribution < -0.4 is 19.5 Å². The fourth-order valence-corrected chi connectivity index (χ4v) is 4.71. The van der Waals surface area contributed by atoms with Crippen molar-refractivity contribution in [2.24, 2.45) is 0 Å². The molecule has 0 saturated heterocycles. The Labute approximate surface area is 196 Å². The van der Waals surface area contributed by atoms with Crippen LogP contribution in [0.1, 0.15) is 18.6 Å². The molecule has 1 heterocycles. The molecule has 0 aliphatic carbocycles. The fraction of sp³-hybridized carbons (Fsp3) is 0.286. The van der Waals surface area contributed by atoms with Crippen LogP contribution in [-0.4, -0.2) is 43.9 Å². The zero-order chi connectivity index (χ0) is 23.8. The van der Waals surface area contributed by atoms with E-state index < -0.39 is 10.0 Å². The quantitative estimate of drug-likeness (QED) is 0.413. The standard InChI is InChI=1S/C21H24N4O6S2/c1-4-30-17-8-5-15(6-9-17)25-33(27,28)19-11-16(7-10-18(19)29-3)23-21(26)13-32-12-20-22-14(2)31-24-20/h5-11,25H,4,12-13H2,1-3H3,(H,23,26). The predicted molar refractivity (Wildman–Crippen MR) is 125 cm³/mol. The van der Waals surface area contributed by atoms with Crippen molar-refractivity contribution >= 4 is 39.1 Å². The molecule has 0 bridgehead atoms. The molecule has 1 amide bonds. The largest absolute Gasteiger partial charge is 0.495 e. The first-order valence-electron chi connectivity index (χ1n) is 9.91. The van der Waals surface area contributed by atoms with Gasteiger partial charge in [-0.3, -0.25) is 9.52 Å². The summed E-state index contributed by atoms with van der Waals surface area (Å²) < 4.78 is 44.0. The highest BCUT2D eigenvalue weighted by Crippen LogP contribution is 2.29. The van der Waals surface area contributed by atoms with E-state index in [0.717, 1.165) is 0 Å². The molecule has 0 spiro atoms. The Morgan fingerprint density at radius 3 is 2.52 bits per heavy atom. The highest BCUT2D eigenvalue weighted by molar-refractivity contribution is 7.99. The summed E-state index contributed by atoms with van der Waals surface area (Å²) in [6.07, 6.45) is 0. The Bertz CT molecular complexity index is 1200. The molecule has 0 fully saturated rings. The zero-order valence-electron chi connectivity index (χ0n) is 18.3. The molecular weight excluding hydrogens is 468 g/mol. The van der Waals surface area contributed by atoms with Gasteiger partial charge in [-0.25, -0.2) is 8.42 Å². The SMILES string of the molecule is CCOc1ccc(NS(=O)(=O)c2cc(NC(=O)CSCc3noc(C)n3)ccc2OC)cc1. The van der Waals surface area contributed by atoms with Gasteiger partial charge in [0.25, 0.3) is 10.0 Å². The second-order valence-corrected chi connectivity index (χ2v) is 9.34. The number of nitrogens with one attached hydrogen (secondary N) is 2. The van der Waals surface area contributed by atoms with E-state index in [1.165, 1.54) is 31.0 Å². The van der Waals surface area contributed by atoms with Crippen LogP contribution in [0.5, 0.6) is 11.5 Å². The van der Waals surface area contributed by atoms with Crippen LogP contribution in [0.2, 0.25) is 0 Å². The van der Waals surface area contributed by atoms with Gasteiger partial charge in [0.05, 0.1) is 25.2 Å². The third-order valence-corrected chi connectivity index (χ3v) is 6.52. The van der Waals surface area contributed by atoms with E-state index >= 15 is 0 Å². The van der Waals surface area contributed by atoms with Gasteiger partial charge in [0.1, 0.15) is 16.4 Å². The van der Waals surface area contributed by atoms with Gasteiger partial charge in [-0.1, -0.05) is 5.16 Å². The second-order valence-electron chi connectivity index (χ2n) is 6.70. The van der Waals surface area contributed by atoms with E-state index in [-0.39, 0.29) is 22.3 Å². The molecule has 2 aromatic carbocycles. The van der Waals surface area contributed by atoms with Crippen molar-refractivity contribution < 1.29 is 27.2 Å². The van der Waals surface area contributed by atoms with E-state index in [1.54, 1.807) is 37.3 Å². The van der Waals surface area contributed by atoms with E-state index in [0.29, 0.717) is 41.2 Å². The van der Waals surface area contributed by atoms with Crippen LogP contribution in [-0.2, 0) is 20.6 Å². The van der Waals surface area contributed by atoms with Crippen molar-refractivity contribution in [1.82, 2.24) is 10.1 Å². The molecule has 176 valence electrons. The molecule has 3 aromatic rings. The minimum absolute atomic E-state index is 0.105. The van der Waals surface area contributed by atoms with Crippen LogP contribution in [0.4, 0.5) is 11.4 Å². The maximum atomic E-state index is 13.0. The Kier molecular flexibility index (Phi) is 8.17. The number of nitrogens with zero attached hydrogens (tertiary/aromatic N) is 2. The summed E-state index contributed by atoms with van der Waals surface area (Å²) in [6.45, 7) is 4.06. The lowest BCUT2D eigenvalue weighted by atomic mass is 10.3. The monoisotopic (exact) mass is 492 g/mol. The number of carbonyl (C=O) groups excluding carboxylic acids is 1. The number of carbonyl (C=O) groups is 1. The number of aryl methyl sites for hydroxylation is 1. The maximum absolute atomic E-state index is 13.0. The third kappa shape index (κ3) is 6.86. The van der Waals surface area contributed by atoms with Gasteiger partial charge < -0.3 is 19.3 Å². The van der Waals surface area contributed by atoms with Gasteiger partial charge in [-0.2, -0.15) is 4.98 Å². The van der Waals surface area contributed by atoms with Gasteiger partial charge in [0.2, 0.25) is 11.8 Å². The summed E-state index contributed by atoms with van der Waals surface area (Å²) in [4.78, 5) is 16.3. The minimum Gasteiger partial charge on any atom is -0.495 e. The first-order chi connectivity index (χ1) is 15.8. The molecule has 0 aliphatic heterocycles. The van der Waals surface area contributed by atoms with Gasteiger partial charge in [-0.15, -0.1) is 11.8 Å². The molecular formula is C21H24N4O6S2. The lowest BCUT2D eigenvalue weighted by molar-refractivity contribution is -0.113. The van der Waals surface area contributed by atoms with E-state index in [9.17, 15) is 13.2 Å². The van der Waals surface area contributed by atoms with Crippen LogP contribution >= 0.6 is 11.8 Å². The molecule has 3 rings (SSSR count). The number of sulfonamides is 1. The Morgan fingerprint density at radius 2 is 1.88 bits per heavy atom. The van der Waals surface area contributed by atoms with Crippen molar-refractivity contribution in [2.45, 2.75) is 24.5 Å². The average Bonchev–Trinajstić information content (AvgIpc) is 3.20. The van der Waals surface area contributed by atoms with Gasteiger partial charge in [0, 0.05) is 18.3 Å². The average molecular weight is 493 g/mol. The molecule has 0 aliphatic rings. The van der Waals surface area contributed by atoms with E-state index in [4.69, 9.17) is 14.0 Å². The van der Waals surface area contributed by atoms with Crippen molar-refractivity contribution in [3.05, 3.63) is 54.2 Å². The topological polar surface area (TPSA) is 133 Å². The van der Waals surface area contributed by atoms with Crippen LogP contribution in [0.15, 0.2) is 51.9 Å². The molecule has 10 nitrogen and oxygen atoms in total. The number of anilines is 2. The highest BCUT2D eigenvalue weighted by Gasteiger charge is 2.21. The number of aromatic nitrogens is 2. The van der Waals surface area contributed by atoms with Crippen molar-refractivity contribution in [1.29, 1.82) is 0 Å². The van der Waals surface area contributed by atoms with Crippen LogP contribution in [0.25, 0.3) is 0 Å². The molecule has 0 atom stereocenters. The van der Waals surface area contributed by atoms with Crippen molar-refractivity contribution in [2.75, 3.05) is 29.5 Å². The maximum Gasteiger partial charge on any atom is 0.265 e. The Balaban J connectivity index is 1.67. The first-order valence-corrected chi connectivity index (χ1v) is 12.5. The fourth-order valence-electron chi connectivity index (χ4n) is 2.79. The number of rotatable bonds is 11. The summed E-state index contributed by atoms with van der Waals surface area (Å²) in [5.41, 5.74) is 0.687. The van der Waals surface area contributed by atoms with Crippen LogP contribution in [0, 0.1) is 6.92 Å². The summed E-state index contributed by atoms with van der Waals surface area (Å²) in [6, 6.07) is 10.9. The third-order valence-electron chi connectivity index (χ3n) is 4.19. The summed E-state index contributed by atoms with van der Waals surface area (Å²) in [7, 11) is -2.61. The molecule has 0 saturated carbocycles. The number of hydrogen-bond donors (Lipinski definition) is 2. The number of benzene rings is 2. The van der Waals surface area contributed by atoms with E-state index in [1.807, 2.05) is 6.92 Å². The lowest BCUT2D eigenvalue weighted by Gasteiger charge is -2.14. The first kappa shape index (κ1) is 24.4. The lowest BCUT2D eigenvalue weighted by Crippen LogP contribution is -2.17. The predicted octanol–water partition coefficient (Wildman–Crippen LogP) is 3.46. The summed E-state index contributed by atoms with van der Waals surface area (Å²) >= 11 is 1.31. The zero-order valence-corrected chi connectivity index (χ0v) is 20.0. The smallest absolute Gasteiger partial charge is 0.265 e. The molecule has 0 radical (unpaired) electrons. The molecule has 12 heteroatoms. The molecule has 2 N–H and O–H groups in total. The number of hydrogen-bond acceptors (Lipinski definition) is 9. The second kappa shape index (κ2) is 11.1. The highest BCUT2D eigenvalue weighted by atomic mass is 32.2. The number of thioether (sulfide) groups is 1. The number of amides is 1. The van der Waals surface area contributed by atoms with Crippen LogP contribution in [0.3, 0.4) is 0 Å². The van der Waals surface area contributed by atoms with Gasteiger partial charge >= 0.3 is 0 Å². The Hall–Kier alpha value is -3.25. The van der Waals surface area contributed by atoms with Gasteiger partial charge in [-0.05, 0) is 49.4 Å².